The van der Waals surface area contributed by atoms with Crippen molar-refractivity contribution in [1.82, 2.24) is 19.1 Å². The van der Waals surface area contributed by atoms with Crippen LogP contribution in [0.5, 0.6) is 0 Å². The van der Waals surface area contributed by atoms with Crippen molar-refractivity contribution in [2.45, 2.75) is 13.5 Å². The maximum absolute atomic E-state index is 11.7. The van der Waals surface area contributed by atoms with Crippen LogP contribution in [-0.4, -0.2) is 19.1 Å². The third-order valence-electron chi connectivity index (χ3n) is 2.26. The molecule has 0 fully saturated rings. The molecule has 0 unspecified atom stereocenters. The number of aromatic amines is 1. The van der Waals surface area contributed by atoms with Crippen molar-refractivity contribution in [3.05, 3.63) is 26.1 Å². The van der Waals surface area contributed by atoms with Gasteiger partial charge in [0.05, 0.1) is 0 Å². The lowest BCUT2D eigenvalue weighted by atomic mass is 10.5. The van der Waals surface area contributed by atoms with Gasteiger partial charge < -0.3 is 4.98 Å². The first-order valence-electron chi connectivity index (χ1n) is 4.41. The summed E-state index contributed by atoms with van der Waals surface area (Å²) in [5, 5.41) is 0.106. The monoisotopic (exact) mass is 228 g/mol. The quantitative estimate of drug-likeness (QED) is 0.704. The Kier molecular flexibility index (Phi) is 2.15. The second-order valence-electron chi connectivity index (χ2n) is 3.12. The van der Waals surface area contributed by atoms with E-state index in [2.05, 4.69) is 9.97 Å². The van der Waals surface area contributed by atoms with Crippen molar-refractivity contribution in [1.29, 1.82) is 0 Å². The molecule has 6 nitrogen and oxygen atoms in total. The first-order valence-corrected chi connectivity index (χ1v) is 4.79. The molecule has 15 heavy (non-hydrogen) atoms. The zero-order valence-electron chi connectivity index (χ0n) is 8.24. The second-order valence-corrected chi connectivity index (χ2v) is 3.48. The average molecular weight is 229 g/mol. The van der Waals surface area contributed by atoms with E-state index in [1.807, 2.05) is 0 Å². The molecule has 0 aliphatic heterocycles. The first-order chi connectivity index (χ1) is 7.06. The Morgan fingerprint density at radius 3 is 2.73 bits per heavy atom. The Morgan fingerprint density at radius 2 is 2.13 bits per heavy atom. The van der Waals surface area contributed by atoms with Crippen molar-refractivity contribution in [2.24, 2.45) is 7.05 Å². The summed E-state index contributed by atoms with van der Waals surface area (Å²) in [6.45, 7) is 2.23. The molecule has 0 atom stereocenters. The topological polar surface area (TPSA) is 72.7 Å². The molecular weight excluding hydrogens is 220 g/mol. The Hall–Kier alpha value is -1.56. The van der Waals surface area contributed by atoms with Crippen LogP contribution in [0.3, 0.4) is 0 Å². The van der Waals surface area contributed by atoms with Crippen molar-refractivity contribution in [3.63, 3.8) is 0 Å². The number of nitrogens with one attached hydrogen (secondary N) is 1. The van der Waals surface area contributed by atoms with Gasteiger partial charge in [0.25, 0.3) is 5.56 Å². The Labute approximate surface area is 89.1 Å². The molecule has 0 spiro atoms. The number of imidazole rings is 1. The lowest BCUT2D eigenvalue weighted by molar-refractivity contribution is 0.652. The van der Waals surface area contributed by atoms with Gasteiger partial charge >= 0.3 is 5.69 Å². The maximum Gasteiger partial charge on any atom is 0.332 e. The van der Waals surface area contributed by atoms with Gasteiger partial charge in [-0.1, -0.05) is 0 Å². The predicted molar refractivity (Wildman–Crippen MR) is 56.3 cm³/mol. The van der Waals surface area contributed by atoms with Crippen molar-refractivity contribution in [3.8, 4) is 0 Å². The molecule has 0 aromatic carbocycles. The largest absolute Gasteiger partial charge is 0.332 e. The molecule has 1 N–H and O–H groups in total. The summed E-state index contributed by atoms with van der Waals surface area (Å²) < 4.78 is 2.42. The highest BCUT2D eigenvalue weighted by Gasteiger charge is 2.13. The van der Waals surface area contributed by atoms with E-state index < -0.39 is 11.2 Å². The van der Waals surface area contributed by atoms with E-state index in [1.165, 1.54) is 11.6 Å². The number of hydrogen-bond donors (Lipinski definition) is 1. The molecule has 0 saturated heterocycles. The average Bonchev–Trinajstić information content (AvgIpc) is 2.58. The number of hydrogen-bond acceptors (Lipinski definition) is 3. The van der Waals surface area contributed by atoms with E-state index in [1.54, 1.807) is 6.92 Å². The molecule has 0 aliphatic rings. The molecule has 0 aliphatic carbocycles. The normalized spacial score (nSPS) is 11.1. The van der Waals surface area contributed by atoms with Crippen LogP contribution in [0.25, 0.3) is 11.2 Å². The predicted octanol–water partition coefficient (Wildman–Crippen LogP) is 0.0966. The van der Waals surface area contributed by atoms with Gasteiger partial charge in [0.15, 0.2) is 11.2 Å². The summed E-state index contributed by atoms with van der Waals surface area (Å²) in [5.74, 6) is 0. The molecule has 0 amide bonds. The maximum atomic E-state index is 11.7. The minimum Gasteiger partial charge on any atom is -0.323 e. The van der Waals surface area contributed by atoms with Gasteiger partial charge in [0, 0.05) is 13.6 Å². The smallest absolute Gasteiger partial charge is 0.323 e. The zero-order valence-corrected chi connectivity index (χ0v) is 9.00. The molecule has 7 heteroatoms. The molecule has 2 aromatic rings. The second kappa shape index (κ2) is 3.23. The van der Waals surface area contributed by atoms with Gasteiger partial charge in [-0.2, -0.15) is 4.98 Å². The van der Waals surface area contributed by atoms with Crippen molar-refractivity contribution < 1.29 is 0 Å². The fourth-order valence-electron chi connectivity index (χ4n) is 1.49. The van der Waals surface area contributed by atoms with Crippen LogP contribution in [-0.2, 0) is 13.6 Å². The summed E-state index contributed by atoms with van der Waals surface area (Å²) in [5.41, 5.74) is -0.253. The molecule has 80 valence electrons. The number of aryl methyl sites for hydroxylation is 1. The van der Waals surface area contributed by atoms with Crippen LogP contribution in [0.15, 0.2) is 9.59 Å². The van der Waals surface area contributed by atoms with Gasteiger partial charge in [0.1, 0.15) is 0 Å². The lowest BCUT2D eigenvalue weighted by Crippen LogP contribution is -2.37. The summed E-state index contributed by atoms with van der Waals surface area (Å²) >= 11 is 5.66. The first kappa shape index (κ1) is 9.97. The van der Waals surface area contributed by atoms with Gasteiger partial charge in [-0.05, 0) is 18.5 Å². The van der Waals surface area contributed by atoms with Gasteiger partial charge in [-0.25, -0.2) is 4.79 Å². The van der Waals surface area contributed by atoms with Crippen molar-refractivity contribution in [2.75, 3.05) is 0 Å². The van der Waals surface area contributed by atoms with Crippen molar-refractivity contribution >= 4 is 22.8 Å². The third kappa shape index (κ3) is 1.29. The standard InChI is InChI=1S/C8H9ClN4O2/c1-3-13-5-4(10-7(9)11-5)6(14)12(2)8(13)15/h3H2,1-2H3,(H,10,11). The summed E-state index contributed by atoms with van der Waals surface area (Å²) in [4.78, 5) is 29.9. The Balaban J connectivity index is 3.11. The van der Waals surface area contributed by atoms with Crippen LogP contribution < -0.4 is 11.2 Å². The van der Waals surface area contributed by atoms with Gasteiger partial charge in [-0.3, -0.25) is 13.9 Å². The molecule has 0 saturated carbocycles. The molecule has 2 aromatic heterocycles. The number of halogens is 1. The van der Waals surface area contributed by atoms with Crippen LogP contribution in [0, 0.1) is 0 Å². The lowest BCUT2D eigenvalue weighted by Gasteiger charge is -2.04. The highest BCUT2D eigenvalue weighted by atomic mass is 35.5. The number of aromatic nitrogens is 4. The van der Waals surface area contributed by atoms with E-state index in [0.29, 0.717) is 12.2 Å². The van der Waals surface area contributed by atoms with Gasteiger partial charge in [-0.15, -0.1) is 0 Å². The third-order valence-corrected chi connectivity index (χ3v) is 2.44. The van der Waals surface area contributed by atoms with E-state index in [-0.39, 0.29) is 10.8 Å². The van der Waals surface area contributed by atoms with E-state index in [0.717, 1.165) is 4.57 Å². The van der Waals surface area contributed by atoms with Crippen LogP contribution in [0.4, 0.5) is 0 Å². The minimum absolute atomic E-state index is 0.106. The molecule has 2 heterocycles. The minimum atomic E-state index is -0.418. The molecule has 2 rings (SSSR count). The molecule has 0 radical (unpaired) electrons. The van der Waals surface area contributed by atoms with E-state index in [4.69, 9.17) is 11.6 Å². The fraction of sp³-hybridized carbons (Fsp3) is 0.375. The number of H-pyrrole nitrogens is 1. The number of fused-ring (bicyclic) bond motifs is 1. The summed E-state index contributed by atoms with van der Waals surface area (Å²) in [6.07, 6.45) is 0. The zero-order chi connectivity index (χ0) is 11.2. The van der Waals surface area contributed by atoms with Gasteiger partial charge in [0.2, 0.25) is 5.28 Å². The summed E-state index contributed by atoms with van der Waals surface area (Å²) in [7, 11) is 1.42. The van der Waals surface area contributed by atoms with Crippen LogP contribution >= 0.6 is 11.6 Å². The highest BCUT2D eigenvalue weighted by Crippen LogP contribution is 2.08. The van der Waals surface area contributed by atoms with E-state index >= 15 is 0 Å². The molecule has 0 bridgehead atoms. The molecular formula is C8H9ClN4O2. The SMILES string of the molecule is CCn1c(=O)n(C)c(=O)c2[nH]c(Cl)nc21. The Morgan fingerprint density at radius 1 is 1.47 bits per heavy atom. The van der Waals surface area contributed by atoms with Crippen LogP contribution in [0.2, 0.25) is 5.28 Å². The number of rotatable bonds is 1. The highest BCUT2D eigenvalue weighted by molar-refractivity contribution is 6.28. The number of nitrogens with zero attached hydrogens (tertiary/aromatic N) is 3. The summed E-state index contributed by atoms with van der Waals surface area (Å²) in [6, 6.07) is 0. The fourth-order valence-corrected chi connectivity index (χ4v) is 1.67. The van der Waals surface area contributed by atoms with E-state index in [9.17, 15) is 9.59 Å². The van der Waals surface area contributed by atoms with Crippen LogP contribution in [0.1, 0.15) is 6.92 Å². The Bertz CT molecular complexity index is 636.